The van der Waals surface area contributed by atoms with E-state index in [2.05, 4.69) is 4.99 Å². The lowest BCUT2D eigenvalue weighted by atomic mass is 10.4. The molecule has 7 heavy (non-hydrogen) atoms. The molecular weight excluding hydrogens is 90.1 g/mol. The highest BCUT2D eigenvalue weighted by atomic mass is 16.5. The number of hydrogen-bond acceptors (Lipinski definition) is 2. The first-order valence-corrected chi connectivity index (χ1v) is 2.46. The van der Waals surface area contributed by atoms with Gasteiger partial charge in [0.1, 0.15) is 6.61 Å². The average Bonchev–Trinajstić information content (AvgIpc) is 1.87. The van der Waals surface area contributed by atoms with E-state index in [1.807, 2.05) is 13.8 Å². The first-order valence-electron chi connectivity index (χ1n) is 2.46. The Morgan fingerprint density at radius 1 is 1.86 bits per heavy atom. The molecule has 0 bridgehead atoms. The van der Waals surface area contributed by atoms with Crippen molar-refractivity contribution >= 4 is 5.90 Å². The van der Waals surface area contributed by atoms with E-state index in [1.54, 1.807) is 0 Å². The van der Waals surface area contributed by atoms with Gasteiger partial charge in [0.2, 0.25) is 0 Å². The summed E-state index contributed by atoms with van der Waals surface area (Å²) in [6, 6.07) is 0.389. The molecule has 1 aliphatic heterocycles. The van der Waals surface area contributed by atoms with E-state index in [0.29, 0.717) is 6.04 Å². The van der Waals surface area contributed by atoms with Crippen molar-refractivity contribution in [3.05, 3.63) is 0 Å². The second kappa shape index (κ2) is 1.52. The molecular formula is C5H9NO. The molecule has 1 heterocycles. The molecule has 1 unspecified atom stereocenters. The molecule has 0 aliphatic carbocycles. The molecule has 40 valence electrons. The Morgan fingerprint density at radius 2 is 2.57 bits per heavy atom. The molecule has 0 aromatic rings. The summed E-state index contributed by atoms with van der Waals surface area (Å²) in [4.78, 5) is 4.08. The molecule has 2 heteroatoms. The Kier molecular flexibility index (Phi) is 1.01. The van der Waals surface area contributed by atoms with Crippen LogP contribution < -0.4 is 0 Å². The Labute approximate surface area is 43.2 Å². The highest BCUT2D eigenvalue weighted by Gasteiger charge is 2.07. The van der Waals surface area contributed by atoms with Crippen molar-refractivity contribution in [1.82, 2.24) is 0 Å². The number of nitrogens with zero attached hydrogens (tertiary/aromatic N) is 1. The zero-order chi connectivity index (χ0) is 5.28. The minimum absolute atomic E-state index is 0.389. The zero-order valence-electron chi connectivity index (χ0n) is 4.64. The average molecular weight is 99.1 g/mol. The van der Waals surface area contributed by atoms with Gasteiger partial charge < -0.3 is 4.74 Å². The molecule has 0 saturated heterocycles. The first-order chi connectivity index (χ1) is 3.29. The molecule has 0 fully saturated rings. The van der Waals surface area contributed by atoms with Gasteiger partial charge in [-0.2, -0.15) is 0 Å². The highest BCUT2D eigenvalue weighted by molar-refractivity contribution is 5.74. The van der Waals surface area contributed by atoms with E-state index < -0.39 is 0 Å². The van der Waals surface area contributed by atoms with Crippen molar-refractivity contribution in [2.75, 3.05) is 6.61 Å². The van der Waals surface area contributed by atoms with Crippen LogP contribution in [0.5, 0.6) is 0 Å². The van der Waals surface area contributed by atoms with Gasteiger partial charge in [-0.25, -0.2) is 4.99 Å². The summed E-state index contributed by atoms with van der Waals surface area (Å²) in [5.41, 5.74) is 0. The van der Waals surface area contributed by atoms with Crippen molar-refractivity contribution in [2.45, 2.75) is 19.9 Å². The van der Waals surface area contributed by atoms with E-state index in [0.717, 1.165) is 12.5 Å². The number of ether oxygens (including phenoxy) is 1. The smallest absolute Gasteiger partial charge is 0.180 e. The van der Waals surface area contributed by atoms with Gasteiger partial charge in [-0.3, -0.25) is 0 Å². The molecule has 0 amide bonds. The molecule has 0 saturated carbocycles. The summed E-state index contributed by atoms with van der Waals surface area (Å²) in [5.74, 6) is 0.826. The van der Waals surface area contributed by atoms with Crippen LogP contribution in [0, 0.1) is 0 Å². The number of aliphatic imine (C=N–C) groups is 1. The fourth-order valence-electron chi connectivity index (χ4n) is 0.626. The van der Waals surface area contributed by atoms with Crippen LogP contribution in [0.15, 0.2) is 4.99 Å². The molecule has 0 N–H and O–H groups in total. The lowest BCUT2D eigenvalue weighted by Crippen LogP contribution is -1.97. The third-order valence-electron chi connectivity index (χ3n) is 0.936. The molecule has 0 aromatic carbocycles. The van der Waals surface area contributed by atoms with Crippen LogP contribution in [0.4, 0.5) is 0 Å². The Balaban J connectivity index is 2.50. The Morgan fingerprint density at radius 3 is 2.71 bits per heavy atom. The van der Waals surface area contributed by atoms with Gasteiger partial charge >= 0.3 is 0 Å². The fraction of sp³-hybridized carbons (Fsp3) is 0.800. The summed E-state index contributed by atoms with van der Waals surface area (Å²) in [6.45, 7) is 4.69. The molecule has 0 aromatic heterocycles. The number of rotatable bonds is 0. The van der Waals surface area contributed by atoms with Gasteiger partial charge in [-0.1, -0.05) is 0 Å². The van der Waals surface area contributed by atoms with Crippen molar-refractivity contribution < 1.29 is 4.74 Å². The van der Waals surface area contributed by atoms with Gasteiger partial charge in [0.15, 0.2) is 5.90 Å². The quantitative estimate of drug-likeness (QED) is 0.440. The van der Waals surface area contributed by atoms with Crippen molar-refractivity contribution in [3.63, 3.8) is 0 Å². The monoisotopic (exact) mass is 99.1 g/mol. The van der Waals surface area contributed by atoms with Crippen LogP contribution in [-0.4, -0.2) is 18.5 Å². The first kappa shape index (κ1) is 4.62. The van der Waals surface area contributed by atoms with Gasteiger partial charge in [0, 0.05) is 6.92 Å². The Hall–Kier alpha value is -0.530. The van der Waals surface area contributed by atoms with E-state index in [4.69, 9.17) is 4.74 Å². The summed E-state index contributed by atoms with van der Waals surface area (Å²) in [7, 11) is 0. The maximum Gasteiger partial charge on any atom is 0.180 e. The zero-order valence-corrected chi connectivity index (χ0v) is 4.64. The largest absolute Gasteiger partial charge is 0.479 e. The Bertz CT molecular complexity index is 98.3. The van der Waals surface area contributed by atoms with E-state index in [9.17, 15) is 0 Å². The summed E-state index contributed by atoms with van der Waals surface area (Å²) in [6.07, 6.45) is 0. The normalized spacial score (nSPS) is 29.4. The minimum atomic E-state index is 0.389. The topological polar surface area (TPSA) is 21.6 Å². The maximum atomic E-state index is 5.02. The van der Waals surface area contributed by atoms with E-state index in [1.165, 1.54) is 0 Å². The maximum absolute atomic E-state index is 5.02. The third kappa shape index (κ3) is 0.918. The van der Waals surface area contributed by atoms with E-state index >= 15 is 0 Å². The van der Waals surface area contributed by atoms with Crippen LogP contribution in [0.1, 0.15) is 13.8 Å². The molecule has 1 rings (SSSR count). The summed E-state index contributed by atoms with van der Waals surface area (Å²) >= 11 is 0. The summed E-state index contributed by atoms with van der Waals surface area (Å²) < 4.78 is 5.02. The van der Waals surface area contributed by atoms with Crippen LogP contribution in [0.2, 0.25) is 0 Å². The van der Waals surface area contributed by atoms with Crippen LogP contribution in [0.3, 0.4) is 0 Å². The van der Waals surface area contributed by atoms with E-state index in [-0.39, 0.29) is 0 Å². The molecule has 0 spiro atoms. The SMILES string of the molecule is CC1=NC(C)CO1. The fourth-order valence-corrected chi connectivity index (χ4v) is 0.626. The highest BCUT2D eigenvalue weighted by Crippen LogP contribution is 2.00. The van der Waals surface area contributed by atoms with Crippen molar-refractivity contribution in [2.24, 2.45) is 4.99 Å². The molecule has 0 radical (unpaired) electrons. The predicted molar refractivity (Wildman–Crippen MR) is 28.5 cm³/mol. The second-order valence-electron chi connectivity index (χ2n) is 1.81. The van der Waals surface area contributed by atoms with Crippen LogP contribution >= 0.6 is 0 Å². The standard InChI is InChI=1S/C5H9NO/c1-4-3-7-5(2)6-4/h4H,3H2,1-2H3. The van der Waals surface area contributed by atoms with Crippen molar-refractivity contribution in [3.8, 4) is 0 Å². The predicted octanol–water partition coefficient (Wildman–Crippen LogP) is 0.824. The lowest BCUT2D eigenvalue weighted by molar-refractivity contribution is 0.321. The lowest BCUT2D eigenvalue weighted by Gasteiger charge is -1.90. The summed E-state index contributed by atoms with van der Waals surface area (Å²) in [5, 5.41) is 0. The minimum Gasteiger partial charge on any atom is -0.479 e. The van der Waals surface area contributed by atoms with Crippen LogP contribution in [-0.2, 0) is 4.74 Å². The van der Waals surface area contributed by atoms with Gasteiger partial charge in [-0.05, 0) is 6.92 Å². The van der Waals surface area contributed by atoms with Crippen LogP contribution in [0.25, 0.3) is 0 Å². The second-order valence-corrected chi connectivity index (χ2v) is 1.81. The van der Waals surface area contributed by atoms with Gasteiger partial charge in [0.25, 0.3) is 0 Å². The van der Waals surface area contributed by atoms with Gasteiger partial charge in [-0.15, -0.1) is 0 Å². The third-order valence-corrected chi connectivity index (χ3v) is 0.936. The number of hydrogen-bond donors (Lipinski definition) is 0. The van der Waals surface area contributed by atoms with Crippen molar-refractivity contribution in [1.29, 1.82) is 0 Å². The molecule has 1 aliphatic rings. The molecule has 1 atom stereocenters. The van der Waals surface area contributed by atoms with Gasteiger partial charge in [0.05, 0.1) is 6.04 Å². The molecule has 2 nitrogen and oxygen atoms in total.